The fourth-order valence-electron chi connectivity index (χ4n) is 5.06. The third kappa shape index (κ3) is 5.70. The number of carbonyl (C=O) groups is 1. The number of carbonyl (C=O) groups excluding carboxylic acids is 1. The van der Waals surface area contributed by atoms with Crippen molar-refractivity contribution in [3.05, 3.63) is 88.7 Å². The first-order valence-electron chi connectivity index (χ1n) is 13.3. The number of benzene rings is 2. The number of esters is 1. The minimum atomic E-state index is -0.302. The van der Waals surface area contributed by atoms with Gasteiger partial charge in [0.05, 0.1) is 18.2 Å². The van der Waals surface area contributed by atoms with Gasteiger partial charge in [0.2, 0.25) is 0 Å². The highest BCUT2D eigenvalue weighted by atomic mass is 79.9. The van der Waals surface area contributed by atoms with E-state index in [0.717, 1.165) is 77.4 Å². The summed E-state index contributed by atoms with van der Waals surface area (Å²) in [4.78, 5) is 17.9. The summed E-state index contributed by atoms with van der Waals surface area (Å²) in [5.74, 6) is 1.34. The minimum absolute atomic E-state index is 0.159. The molecule has 0 spiro atoms. The SMILES string of the molecule is CCN(CC)c1ccc2c(c1)OC1=CC(N(CC)CC)C=CC1=C2c1ccccc1C(=O)OCCCBr. The molecule has 1 heterocycles. The minimum Gasteiger partial charge on any atom is -0.462 e. The molecule has 1 unspecified atom stereocenters. The number of nitrogens with zero attached hydrogens (tertiary/aromatic N) is 2. The summed E-state index contributed by atoms with van der Waals surface area (Å²) < 4.78 is 12.2. The Bertz CT molecular complexity index is 1210. The molecule has 2 aliphatic rings. The Morgan fingerprint density at radius 3 is 2.46 bits per heavy atom. The van der Waals surface area contributed by atoms with Gasteiger partial charge in [0.1, 0.15) is 11.5 Å². The Labute approximate surface area is 229 Å². The van der Waals surface area contributed by atoms with Crippen LogP contribution in [-0.4, -0.2) is 55.0 Å². The van der Waals surface area contributed by atoms with E-state index in [1.54, 1.807) is 0 Å². The number of rotatable bonds is 11. The molecule has 0 radical (unpaired) electrons. The number of alkyl halides is 1. The van der Waals surface area contributed by atoms with Crippen LogP contribution in [0.5, 0.6) is 5.75 Å². The summed E-state index contributed by atoms with van der Waals surface area (Å²) in [6.45, 7) is 12.8. The highest BCUT2D eigenvalue weighted by molar-refractivity contribution is 9.09. The van der Waals surface area contributed by atoms with Gasteiger partial charge in [-0.25, -0.2) is 4.79 Å². The van der Waals surface area contributed by atoms with Crippen molar-refractivity contribution in [2.24, 2.45) is 0 Å². The Morgan fingerprint density at radius 1 is 1.00 bits per heavy atom. The third-order valence-electron chi connectivity index (χ3n) is 7.06. The van der Waals surface area contributed by atoms with Crippen molar-refractivity contribution in [1.82, 2.24) is 4.90 Å². The van der Waals surface area contributed by atoms with E-state index in [4.69, 9.17) is 9.47 Å². The van der Waals surface area contributed by atoms with Gasteiger partial charge >= 0.3 is 5.97 Å². The zero-order valence-corrected chi connectivity index (χ0v) is 23.9. The van der Waals surface area contributed by atoms with Crippen LogP contribution in [0.1, 0.15) is 55.6 Å². The molecule has 1 atom stereocenters. The number of allylic oxidation sites excluding steroid dienone is 1. The summed E-state index contributed by atoms with van der Waals surface area (Å²) in [5, 5.41) is 0.795. The van der Waals surface area contributed by atoms with Crippen molar-refractivity contribution in [3.63, 3.8) is 0 Å². The van der Waals surface area contributed by atoms with Crippen LogP contribution in [0.4, 0.5) is 5.69 Å². The molecule has 1 aliphatic heterocycles. The summed E-state index contributed by atoms with van der Waals surface area (Å²) in [7, 11) is 0. The lowest BCUT2D eigenvalue weighted by Gasteiger charge is -2.33. The van der Waals surface area contributed by atoms with E-state index in [0.29, 0.717) is 12.2 Å². The molecular weight excluding hydrogens is 528 g/mol. The zero-order valence-electron chi connectivity index (χ0n) is 22.3. The molecule has 2 aromatic rings. The van der Waals surface area contributed by atoms with Gasteiger partial charge in [-0.2, -0.15) is 0 Å². The van der Waals surface area contributed by atoms with E-state index in [2.05, 4.69) is 89.9 Å². The molecule has 2 aromatic carbocycles. The maximum absolute atomic E-state index is 13.2. The lowest BCUT2D eigenvalue weighted by molar-refractivity contribution is 0.0506. The van der Waals surface area contributed by atoms with Crippen LogP contribution >= 0.6 is 15.9 Å². The van der Waals surface area contributed by atoms with Gasteiger partial charge in [-0.05, 0) is 63.2 Å². The molecule has 196 valence electrons. The van der Waals surface area contributed by atoms with E-state index in [9.17, 15) is 4.79 Å². The smallest absolute Gasteiger partial charge is 0.338 e. The molecule has 1 aliphatic carbocycles. The van der Waals surface area contributed by atoms with Crippen LogP contribution in [0.25, 0.3) is 5.57 Å². The number of hydrogen-bond acceptors (Lipinski definition) is 5. The topological polar surface area (TPSA) is 42.0 Å². The Balaban J connectivity index is 1.87. The first-order valence-corrected chi connectivity index (χ1v) is 14.5. The molecule has 0 fully saturated rings. The number of hydrogen-bond donors (Lipinski definition) is 0. The first kappa shape index (κ1) is 27.2. The molecule has 4 rings (SSSR count). The highest BCUT2D eigenvalue weighted by Crippen LogP contribution is 2.45. The van der Waals surface area contributed by atoms with E-state index in [1.807, 2.05) is 24.3 Å². The second-order valence-corrected chi connectivity index (χ2v) is 9.86. The average molecular weight is 566 g/mol. The van der Waals surface area contributed by atoms with Crippen molar-refractivity contribution < 1.29 is 14.3 Å². The summed E-state index contributed by atoms with van der Waals surface area (Å²) >= 11 is 3.41. The molecular formula is C31H37BrN2O3. The summed E-state index contributed by atoms with van der Waals surface area (Å²) in [6, 6.07) is 14.3. The third-order valence-corrected chi connectivity index (χ3v) is 7.62. The fraction of sp³-hybridized carbons (Fsp3) is 0.387. The Morgan fingerprint density at radius 2 is 1.76 bits per heavy atom. The lowest BCUT2D eigenvalue weighted by atomic mass is 9.85. The van der Waals surface area contributed by atoms with Crippen LogP contribution in [-0.2, 0) is 4.74 Å². The molecule has 0 saturated heterocycles. The molecule has 0 bridgehead atoms. The molecule has 0 N–H and O–H groups in total. The molecule has 0 saturated carbocycles. The quantitative estimate of drug-likeness (QED) is 0.170. The van der Waals surface area contributed by atoms with Crippen molar-refractivity contribution in [2.45, 2.75) is 40.2 Å². The van der Waals surface area contributed by atoms with Gasteiger partial charge in [0.15, 0.2) is 0 Å². The predicted octanol–water partition coefficient (Wildman–Crippen LogP) is 6.83. The monoisotopic (exact) mass is 564 g/mol. The number of ether oxygens (including phenoxy) is 2. The van der Waals surface area contributed by atoms with Gasteiger partial charge in [0, 0.05) is 46.9 Å². The largest absolute Gasteiger partial charge is 0.462 e. The van der Waals surface area contributed by atoms with Crippen LogP contribution < -0.4 is 9.64 Å². The maximum Gasteiger partial charge on any atom is 0.338 e. The molecule has 6 heteroatoms. The van der Waals surface area contributed by atoms with Crippen LogP contribution in [0.2, 0.25) is 0 Å². The average Bonchev–Trinajstić information content (AvgIpc) is 2.93. The van der Waals surface area contributed by atoms with Gasteiger partial charge in [0.25, 0.3) is 0 Å². The van der Waals surface area contributed by atoms with Gasteiger partial charge in [-0.3, -0.25) is 4.90 Å². The van der Waals surface area contributed by atoms with Crippen LogP contribution in [0, 0.1) is 0 Å². The van der Waals surface area contributed by atoms with Crippen molar-refractivity contribution in [3.8, 4) is 5.75 Å². The van der Waals surface area contributed by atoms with Crippen molar-refractivity contribution in [1.29, 1.82) is 0 Å². The maximum atomic E-state index is 13.2. The van der Waals surface area contributed by atoms with Gasteiger partial charge in [-0.15, -0.1) is 0 Å². The number of likely N-dealkylation sites (N-methyl/N-ethyl adjacent to an activating group) is 1. The highest BCUT2D eigenvalue weighted by Gasteiger charge is 2.30. The van der Waals surface area contributed by atoms with E-state index < -0.39 is 0 Å². The summed E-state index contributed by atoms with van der Waals surface area (Å²) in [5.41, 5.74) is 5.53. The second kappa shape index (κ2) is 12.6. The van der Waals surface area contributed by atoms with Crippen molar-refractivity contribution >= 4 is 33.2 Å². The fourth-order valence-corrected chi connectivity index (χ4v) is 5.29. The Kier molecular flexibility index (Phi) is 9.28. The molecule has 0 aromatic heterocycles. The molecule has 5 nitrogen and oxygen atoms in total. The number of fused-ring (bicyclic) bond motifs is 2. The number of anilines is 1. The van der Waals surface area contributed by atoms with E-state index in [-0.39, 0.29) is 12.0 Å². The van der Waals surface area contributed by atoms with Gasteiger partial charge < -0.3 is 14.4 Å². The lowest BCUT2D eigenvalue weighted by Crippen LogP contribution is -2.34. The van der Waals surface area contributed by atoms with Gasteiger partial charge in [-0.1, -0.05) is 60.1 Å². The molecule has 37 heavy (non-hydrogen) atoms. The Hall–Kier alpha value is -2.83. The standard InChI is InChI=1S/C31H37BrN2O3/c1-5-33(6-2)22-14-16-26-28(20-22)37-29-21-23(34(7-3)8-4)15-17-27(29)30(26)24-12-9-10-13-25(24)31(35)36-19-11-18-32/h9-10,12-17,20-22H,5-8,11,18-19H2,1-4H3. The summed E-state index contributed by atoms with van der Waals surface area (Å²) in [6.07, 6.45) is 7.35. The predicted molar refractivity (Wildman–Crippen MR) is 156 cm³/mol. The number of halogens is 1. The van der Waals surface area contributed by atoms with E-state index >= 15 is 0 Å². The van der Waals surface area contributed by atoms with E-state index in [1.165, 1.54) is 0 Å². The zero-order chi connectivity index (χ0) is 26.4. The van der Waals surface area contributed by atoms with Crippen LogP contribution in [0.15, 0.2) is 72.0 Å². The van der Waals surface area contributed by atoms with Crippen LogP contribution in [0.3, 0.4) is 0 Å². The van der Waals surface area contributed by atoms with Crippen molar-refractivity contribution in [2.75, 3.05) is 43.0 Å². The second-order valence-electron chi connectivity index (χ2n) is 9.07. The first-order chi connectivity index (χ1) is 18.1. The molecule has 0 amide bonds. The normalized spacial score (nSPS) is 16.2.